The molecule has 1 aliphatic rings. The van der Waals surface area contributed by atoms with Crippen molar-refractivity contribution in [1.29, 1.82) is 0 Å². The van der Waals surface area contributed by atoms with Gasteiger partial charge in [0.2, 0.25) is 10.0 Å². The van der Waals surface area contributed by atoms with E-state index in [-0.39, 0.29) is 0 Å². The zero-order valence-corrected chi connectivity index (χ0v) is 14.5. The number of hydrogen-bond donors (Lipinski definition) is 1. The summed E-state index contributed by atoms with van der Waals surface area (Å²) in [4.78, 5) is 0. The zero-order chi connectivity index (χ0) is 15.3. The van der Waals surface area contributed by atoms with Gasteiger partial charge < -0.3 is 5.32 Å². The molecular weight excluding hydrogens is 304 g/mol. The normalized spacial score (nSPS) is 22.3. The quantitative estimate of drug-likeness (QED) is 0.836. The summed E-state index contributed by atoms with van der Waals surface area (Å²) in [6.45, 7) is 4.53. The fourth-order valence-electron chi connectivity index (χ4n) is 2.98. The predicted octanol–water partition coefficient (Wildman–Crippen LogP) is 2.85. The molecule has 2 rings (SSSR count). The SMILES string of the molecule is CCCNC(CC1CCCN(S(C)(=O)=O)C1)c1ccsc1. The van der Waals surface area contributed by atoms with Crippen LogP contribution in [-0.2, 0) is 10.0 Å². The summed E-state index contributed by atoms with van der Waals surface area (Å²) in [5.41, 5.74) is 1.34. The first kappa shape index (κ1) is 16.9. The fourth-order valence-corrected chi connectivity index (χ4v) is 4.64. The third-order valence-electron chi connectivity index (χ3n) is 4.11. The highest BCUT2D eigenvalue weighted by Gasteiger charge is 2.28. The van der Waals surface area contributed by atoms with Crippen LogP contribution in [-0.4, -0.2) is 38.6 Å². The van der Waals surface area contributed by atoms with Crippen molar-refractivity contribution in [3.8, 4) is 0 Å². The molecule has 2 heterocycles. The number of sulfonamides is 1. The highest BCUT2D eigenvalue weighted by atomic mass is 32.2. The van der Waals surface area contributed by atoms with Gasteiger partial charge in [-0.05, 0) is 60.5 Å². The maximum atomic E-state index is 11.7. The first-order valence-corrected chi connectivity index (χ1v) is 10.5. The lowest BCUT2D eigenvalue weighted by molar-refractivity contribution is 0.238. The molecule has 0 aromatic carbocycles. The largest absolute Gasteiger partial charge is 0.310 e. The summed E-state index contributed by atoms with van der Waals surface area (Å²) in [5, 5.41) is 7.92. The summed E-state index contributed by atoms with van der Waals surface area (Å²) in [5.74, 6) is 0.447. The van der Waals surface area contributed by atoms with Crippen LogP contribution in [0.1, 0.15) is 44.2 Å². The zero-order valence-electron chi connectivity index (χ0n) is 12.9. The predicted molar refractivity (Wildman–Crippen MR) is 89.1 cm³/mol. The van der Waals surface area contributed by atoms with Crippen molar-refractivity contribution >= 4 is 21.4 Å². The molecule has 1 aromatic rings. The Morgan fingerprint density at radius 2 is 2.33 bits per heavy atom. The number of nitrogens with one attached hydrogen (secondary N) is 1. The molecule has 1 fully saturated rings. The van der Waals surface area contributed by atoms with Gasteiger partial charge in [0.1, 0.15) is 0 Å². The number of rotatable bonds is 7. The second-order valence-electron chi connectivity index (χ2n) is 5.93. The van der Waals surface area contributed by atoms with Crippen molar-refractivity contribution in [2.45, 2.75) is 38.6 Å². The Bertz CT molecular complexity index is 514. The second kappa shape index (κ2) is 7.72. The van der Waals surface area contributed by atoms with Crippen molar-refractivity contribution in [3.05, 3.63) is 22.4 Å². The molecule has 1 aliphatic heterocycles. The van der Waals surface area contributed by atoms with Crippen LogP contribution in [0.5, 0.6) is 0 Å². The van der Waals surface area contributed by atoms with E-state index in [0.29, 0.717) is 25.0 Å². The number of nitrogens with zero attached hydrogens (tertiary/aromatic N) is 1. The van der Waals surface area contributed by atoms with E-state index >= 15 is 0 Å². The minimum absolute atomic E-state index is 0.348. The van der Waals surface area contributed by atoms with Crippen LogP contribution in [0.2, 0.25) is 0 Å². The Morgan fingerprint density at radius 1 is 1.52 bits per heavy atom. The summed E-state index contributed by atoms with van der Waals surface area (Å²) in [7, 11) is -3.05. The standard InChI is InChI=1S/C15H26N2O2S2/c1-3-7-16-15(14-6-9-20-12-14)10-13-5-4-8-17(11-13)21(2,18)19/h6,9,12-13,15-16H,3-5,7-8,10-11H2,1-2H3. The summed E-state index contributed by atoms with van der Waals surface area (Å²) < 4.78 is 25.1. The van der Waals surface area contributed by atoms with Gasteiger partial charge in [-0.25, -0.2) is 12.7 Å². The Balaban J connectivity index is 1.99. The Kier molecular flexibility index (Phi) is 6.22. The first-order valence-electron chi connectivity index (χ1n) is 7.71. The Labute approximate surface area is 132 Å². The maximum Gasteiger partial charge on any atom is 0.211 e. The van der Waals surface area contributed by atoms with Gasteiger partial charge in [0, 0.05) is 19.1 Å². The molecular formula is C15H26N2O2S2. The highest BCUT2D eigenvalue weighted by Crippen LogP contribution is 2.29. The molecule has 2 unspecified atom stereocenters. The van der Waals surface area contributed by atoms with E-state index in [4.69, 9.17) is 0 Å². The van der Waals surface area contributed by atoms with Gasteiger partial charge in [-0.15, -0.1) is 0 Å². The van der Waals surface area contributed by atoms with E-state index in [1.54, 1.807) is 15.6 Å². The molecule has 2 atom stereocenters. The molecule has 120 valence electrons. The van der Waals surface area contributed by atoms with E-state index in [0.717, 1.165) is 32.2 Å². The number of thiophene rings is 1. The Hall–Kier alpha value is -0.430. The minimum atomic E-state index is -3.05. The lowest BCUT2D eigenvalue weighted by Gasteiger charge is -2.33. The molecule has 0 radical (unpaired) electrons. The van der Waals surface area contributed by atoms with E-state index < -0.39 is 10.0 Å². The number of piperidine rings is 1. The topological polar surface area (TPSA) is 49.4 Å². The highest BCUT2D eigenvalue weighted by molar-refractivity contribution is 7.88. The van der Waals surface area contributed by atoms with Crippen LogP contribution in [0.3, 0.4) is 0 Å². The van der Waals surface area contributed by atoms with Crippen molar-refractivity contribution < 1.29 is 8.42 Å². The van der Waals surface area contributed by atoms with E-state index in [9.17, 15) is 8.42 Å². The van der Waals surface area contributed by atoms with Crippen LogP contribution >= 0.6 is 11.3 Å². The molecule has 21 heavy (non-hydrogen) atoms. The van der Waals surface area contributed by atoms with Crippen LogP contribution < -0.4 is 5.32 Å². The van der Waals surface area contributed by atoms with Crippen molar-refractivity contribution in [2.75, 3.05) is 25.9 Å². The van der Waals surface area contributed by atoms with Gasteiger partial charge in [0.15, 0.2) is 0 Å². The minimum Gasteiger partial charge on any atom is -0.310 e. The summed E-state index contributed by atoms with van der Waals surface area (Å²) in [6.07, 6.45) is 5.55. The van der Waals surface area contributed by atoms with Crippen LogP contribution in [0.15, 0.2) is 16.8 Å². The van der Waals surface area contributed by atoms with Crippen LogP contribution in [0.4, 0.5) is 0 Å². The van der Waals surface area contributed by atoms with Crippen LogP contribution in [0.25, 0.3) is 0 Å². The van der Waals surface area contributed by atoms with Gasteiger partial charge in [0.25, 0.3) is 0 Å². The average molecular weight is 331 g/mol. The van der Waals surface area contributed by atoms with Crippen molar-refractivity contribution in [3.63, 3.8) is 0 Å². The van der Waals surface area contributed by atoms with E-state index in [2.05, 4.69) is 29.1 Å². The molecule has 0 amide bonds. The molecule has 0 bridgehead atoms. The van der Waals surface area contributed by atoms with Gasteiger partial charge in [-0.2, -0.15) is 11.3 Å². The van der Waals surface area contributed by atoms with Gasteiger partial charge in [0.05, 0.1) is 6.26 Å². The molecule has 0 saturated carbocycles. The molecule has 6 heteroatoms. The van der Waals surface area contributed by atoms with Gasteiger partial charge in [-0.3, -0.25) is 0 Å². The molecule has 0 aliphatic carbocycles. The molecule has 1 N–H and O–H groups in total. The average Bonchev–Trinajstić information content (AvgIpc) is 2.97. The van der Waals surface area contributed by atoms with Gasteiger partial charge >= 0.3 is 0 Å². The third-order valence-corrected chi connectivity index (χ3v) is 6.08. The van der Waals surface area contributed by atoms with Crippen LogP contribution in [0, 0.1) is 5.92 Å². The number of hydrogen-bond acceptors (Lipinski definition) is 4. The monoisotopic (exact) mass is 330 g/mol. The molecule has 1 aromatic heterocycles. The van der Waals surface area contributed by atoms with Gasteiger partial charge in [-0.1, -0.05) is 6.92 Å². The van der Waals surface area contributed by atoms with Crippen molar-refractivity contribution in [1.82, 2.24) is 9.62 Å². The lowest BCUT2D eigenvalue weighted by atomic mass is 9.90. The van der Waals surface area contributed by atoms with E-state index in [1.807, 2.05) is 0 Å². The molecule has 1 saturated heterocycles. The summed E-state index contributed by atoms with van der Waals surface area (Å²) >= 11 is 1.72. The second-order valence-corrected chi connectivity index (χ2v) is 8.69. The van der Waals surface area contributed by atoms with Crippen molar-refractivity contribution in [2.24, 2.45) is 5.92 Å². The molecule has 4 nitrogen and oxygen atoms in total. The Morgan fingerprint density at radius 3 is 2.95 bits per heavy atom. The molecule has 0 spiro atoms. The summed E-state index contributed by atoms with van der Waals surface area (Å²) in [6, 6.07) is 2.52. The lowest BCUT2D eigenvalue weighted by Crippen LogP contribution is -2.40. The fraction of sp³-hybridized carbons (Fsp3) is 0.733. The maximum absolute atomic E-state index is 11.7. The smallest absolute Gasteiger partial charge is 0.211 e. The van der Waals surface area contributed by atoms with E-state index in [1.165, 1.54) is 11.8 Å². The third kappa shape index (κ3) is 5.06. The first-order chi connectivity index (χ1) is 10.0.